The van der Waals surface area contributed by atoms with E-state index in [0.717, 1.165) is 30.9 Å². The zero-order chi connectivity index (χ0) is 16.1. The van der Waals surface area contributed by atoms with Gasteiger partial charge in [0.1, 0.15) is 0 Å². The van der Waals surface area contributed by atoms with Crippen LogP contribution in [0, 0.1) is 5.92 Å². The molecule has 4 nitrogen and oxygen atoms in total. The zero-order valence-electron chi connectivity index (χ0n) is 13.9. The van der Waals surface area contributed by atoms with Crippen molar-refractivity contribution in [2.45, 2.75) is 31.2 Å². The van der Waals surface area contributed by atoms with Gasteiger partial charge in [0.25, 0.3) is 0 Å². The van der Waals surface area contributed by atoms with E-state index in [1.807, 2.05) is 12.3 Å². The van der Waals surface area contributed by atoms with Crippen LogP contribution in [-0.4, -0.2) is 36.3 Å². The van der Waals surface area contributed by atoms with E-state index in [1.54, 1.807) is 0 Å². The van der Waals surface area contributed by atoms with Crippen LogP contribution >= 0.6 is 0 Å². The van der Waals surface area contributed by atoms with Gasteiger partial charge in [-0.2, -0.15) is 0 Å². The molecule has 3 atom stereocenters. The molecule has 0 bridgehead atoms. The van der Waals surface area contributed by atoms with Crippen LogP contribution in [0.1, 0.15) is 29.2 Å². The number of rotatable bonds is 2. The Morgan fingerprint density at radius 2 is 2.17 bits per heavy atom. The molecule has 3 unspecified atom stereocenters. The molecule has 0 N–H and O–H groups in total. The number of likely N-dealkylation sites (N-methyl/N-ethyl adjacent to an activating group) is 1. The average molecular weight is 322 g/mol. The summed E-state index contributed by atoms with van der Waals surface area (Å²) in [7, 11) is 2.26. The highest BCUT2D eigenvalue weighted by Gasteiger charge is 2.44. The molecular weight excluding hydrogens is 300 g/mol. The van der Waals surface area contributed by atoms with Crippen molar-refractivity contribution in [3.05, 3.63) is 53.3 Å². The fraction of sp³-hybridized carbons (Fsp3) is 0.450. The summed E-state index contributed by atoms with van der Waals surface area (Å²) in [5.74, 6) is 3.22. The fourth-order valence-corrected chi connectivity index (χ4v) is 4.90. The molecule has 0 radical (unpaired) electrons. The average Bonchev–Trinajstić information content (AvgIpc) is 3.21. The summed E-state index contributed by atoms with van der Waals surface area (Å²) in [6.45, 7) is 1.48. The first-order valence-corrected chi connectivity index (χ1v) is 8.83. The first-order chi connectivity index (χ1) is 11.8. The molecule has 0 spiro atoms. The molecule has 0 saturated carbocycles. The third kappa shape index (κ3) is 2.13. The number of ether oxygens (including phenoxy) is 2. The SMILES string of the molecule is CN1CC2c3ccc4c(c3CCC2C1Cc1ccccn1)OCO4. The number of benzene rings is 1. The summed E-state index contributed by atoms with van der Waals surface area (Å²) >= 11 is 0. The second-order valence-corrected chi connectivity index (χ2v) is 7.21. The van der Waals surface area contributed by atoms with Crippen LogP contribution in [-0.2, 0) is 12.8 Å². The largest absolute Gasteiger partial charge is 0.454 e. The molecule has 1 fully saturated rings. The first kappa shape index (κ1) is 14.3. The number of hydrogen-bond acceptors (Lipinski definition) is 4. The van der Waals surface area contributed by atoms with E-state index < -0.39 is 0 Å². The maximum atomic E-state index is 5.75. The highest BCUT2D eigenvalue weighted by Crippen LogP contribution is 2.50. The van der Waals surface area contributed by atoms with E-state index in [-0.39, 0.29) is 0 Å². The van der Waals surface area contributed by atoms with E-state index in [4.69, 9.17) is 9.47 Å². The molecule has 24 heavy (non-hydrogen) atoms. The van der Waals surface area contributed by atoms with Gasteiger partial charge in [0.05, 0.1) is 0 Å². The van der Waals surface area contributed by atoms with Gasteiger partial charge in [-0.3, -0.25) is 4.98 Å². The van der Waals surface area contributed by atoms with Gasteiger partial charge in [-0.15, -0.1) is 0 Å². The number of likely N-dealkylation sites (tertiary alicyclic amines) is 1. The van der Waals surface area contributed by atoms with Gasteiger partial charge < -0.3 is 14.4 Å². The summed E-state index contributed by atoms with van der Waals surface area (Å²) in [5.41, 5.74) is 4.07. The third-order valence-electron chi connectivity index (χ3n) is 6.01. The Balaban J connectivity index is 1.46. The number of nitrogens with zero attached hydrogens (tertiary/aromatic N) is 2. The van der Waals surface area contributed by atoms with E-state index in [2.05, 4.69) is 41.2 Å². The van der Waals surface area contributed by atoms with Crippen molar-refractivity contribution in [3.8, 4) is 11.5 Å². The van der Waals surface area contributed by atoms with Crippen LogP contribution in [0.15, 0.2) is 36.5 Å². The van der Waals surface area contributed by atoms with Gasteiger partial charge in [0.15, 0.2) is 11.5 Å². The molecule has 1 aromatic heterocycles. The summed E-state index contributed by atoms with van der Waals surface area (Å²) in [4.78, 5) is 7.07. The molecule has 4 heteroatoms. The number of fused-ring (bicyclic) bond motifs is 5. The standard InChI is InChI=1S/C20H22N2O2/c1-22-11-17-14-7-8-19-20(24-12-23-19)16(14)6-5-15(17)18(22)10-13-4-2-3-9-21-13/h2-4,7-9,15,17-18H,5-6,10-12H2,1H3. The lowest BCUT2D eigenvalue weighted by molar-refractivity contribution is 0.172. The normalized spacial score (nSPS) is 27.8. The first-order valence-electron chi connectivity index (χ1n) is 8.83. The van der Waals surface area contributed by atoms with Crippen LogP contribution in [0.5, 0.6) is 11.5 Å². The summed E-state index contributed by atoms with van der Waals surface area (Å²) in [6, 6.07) is 11.2. The van der Waals surface area contributed by atoms with Crippen LogP contribution < -0.4 is 9.47 Å². The Hall–Kier alpha value is -2.07. The molecule has 1 aromatic carbocycles. The van der Waals surface area contributed by atoms with Gasteiger partial charge in [-0.25, -0.2) is 0 Å². The van der Waals surface area contributed by atoms with Gasteiger partial charge in [0.2, 0.25) is 6.79 Å². The van der Waals surface area contributed by atoms with Crippen molar-refractivity contribution in [1.82, 2.24) is 9.88 Å². The van der Waals surface area contributed by atoms with E-state index in [1.165, 1.54) is 23.2 Å². The third-order valence-corrected chi connectivity index (χ3v) is 6.01. The minimum atomic E-state index is 0.363. The molecule has 5 rings (SSSR count). The van der Waals surface area contributed by atoms with Crippen LogP contribution in [0.3, 0.4) is 0 Å². The molecule has 1 aliphatic carbocycles. The Labute approximate surface area is 142 Å². The molecule has 3 heterocycles. The summed E-state index contributed by atoms with van der Waals surface area (Å²) in [5, 5.41) is 0. The fourth-order valence-electron chi connectivity index (χ4n) is 4.90. The smallest absolute Gasteiger partial charge is 0.231 e. The summed E-state index contributed by atoms with van der Waals surface area (Å²) < 4.78 is 11.3. The van der Waals surface area contributed by atoms with E-state index >= 15 is 0 Å². The molecular formula is C20H22N2O2. The van der Waals surface area contributed by atoms with Crippen LogP contribution in [0.25, 0.3) is 0 Å². The Morgan fingerprint density at radius 1 is 1.21 bits per heavy atom. The zero-order valence-corrected chi connectivity index (χ0v) is 13.9. The minimum absolute atomic E-state index is 0.363. The lowest BCUT2D eigenvalue weighted by atomic mass is 9.73. The monoisotopic (exact) mass is 322 g/mol. The van der Waals surface area contributed by atoms with Crippen molar-refractivity contribution in [3.63, 3.8) is 0 Å². The molecule has 2 aromatic rings. The van der Waals surface area contributed by atoms with Crippen molar-refractivity contribution in [1.29, 1.82) is 0 Å². The maximum absolute atomic E-state index is 5.75. The lowest BCUT2D eigenvalue weighted by Crippen LogP contribution is -2.33. The Morgan fingerprint density at radius 3 is 3.04 bits per heavy atom. The molecule has 0 amide bonds. The quantitative estimate of drug-likeness (QED) is 0.851. The van der Waals surface area contributed by atoms with Crippen molar-refractivity contribution >= 4 is 0 Å². The number of hydrogen-bond donors (Lipinski definition) is 0. The van der Waals surface area contributed by atoms with Crippen LogP contribution in [0.4, 0.5) is 0 Å². The molecule has 1 saturated heterocycles. The molecule has 2 aliphatic heterocycles. The van der Waals surface area contributed by atoms with Gasteiger partial charge >= 0.3 is 0 Å². The highest BCUT2D eigenvalue weighted by molar-refractivity contribution is 5.54. The minimum Gasteiger partial charge on any atom is -0.454 e. The second kappa shape index (κ2) is 5.49. The second-order valence-electron chi connectivity index (χ2n) is 7.21. The van der Waals surface area contributed by atoms with Crippen LogP contribution in [0.2, 0.25) is 0 Å². The Bertz CT molecular complexity index is 762. The van der Waals surface area contributed by atoms with Gasteiger partial charge in [-0.1, -0.05) is 12.1 Å². The predicted molar refractivity (Wildman–Crippen MR) is 91.5 cm³/mol. The Kier molecular flexibility index (Phi) is 3.27. The maximum Gasteiger partial charge on any atom is 0.231 e. The van der Waals surface area contributed by atoms with E-state index in [0.29, 0.717) is 24.7 Å². The van der Waals surface area contributed by atoms with Crippen molar-refractivity contribution < 1.29 is 9.47 Å². The van der Waals surface area contributed by atoms with Crippen molar-refractivity contribution in [2.24, 2.45) is 5.92 Å². The molecule has 3 aliphatic rings. The predicted octanol–water partition coefficient (Wildman–Crippen LogP) is 3.01. The van der Waals surface area contributed by atoms with Crippen molar-refractivity contribution in [2.75, 3.05) is 20.4 Å². The lowest BCUT2D eigenvalue weighted by Gasteiger charge is -2.31. The summed E-state index contributed by atoms with van der Waals surface area (Å²) in [6.07, 6.45) is 5.26. The number of pyridine rings is 1. The highest BCUT2D eigenvalue weighted by atomic mass is 16.7. The number of aromatic nitrogens is 1. The van der Waals surface area contributed by atoms with Gasteiger partial charge in [0, 0.05) is 42.4 Å². The topological polar surface area (TPSA) is 34.6 Å². The van der Waals surface area contributed by atoms with Gasteiger partial charge in [-0.05, 0) is 49.6 Å². The van der Waals surface area contributed by atoms with E-state index in [9.17, 15) is 0 Å². The molecule has 124 valence electrons.